The molecule has 5 heteroatoms. The van der Waals surface area contributed by atoms with Gasteiger partial charge in [0.2, 0.25) is 0 Å². The van der Waals surface area contributed by atoms with Crippen molar-refractivity contribution in [1.82, 2.24) is 0 Å². The van der Waals surface area contributed by atoms with Crippen molar-refractivity contribution in [3.05, 3.63) is 94.6 Å². The smallest absolute Gasteiger partial charge is 0.189 e. The van der Waals surface area contributed by atoms with E-state index in [4.69, 9.17) is 9.47 Å². The Morgan fingerprint density at radius 3 is 2.41 bits per heavy atom. The summed E-state index contributed by atoms with van der Waals surface area (Å²) in [5, 5.41) is 0. The van der Waals surface area contributed by atoms with E-state index in [-0.39, 0.29) is 11.6 Å². The van der Waals surface area contributed by atoms with Crippen molar-refractivity contribution in [3.8, 4) is 11.5 Å². The topological polar surface area (TPSA) is 39.4 Å². The quantitative estimate of drug-likeness (QED) is 0.488. The summed E-state index contributed by atoms with van der Waals surface area (Å²) in [7, 11) is 3.14. The molecule has 0 saturated carbocycles. The average Bonchev–Trinajstić information content (AvgIpc) is 3.04. The Morgan fingerprint density at radius 1 is 1.03 bits per heavy atom. The number of nitrogens with zero attached hydrogens (tertiary/aromatic N) is 1. The van der Waals surface area contributed by atoms with Gasteiger partial charge < -0.3 is 9.47 Å². The van der Waals surface area contributed by atoms with Gasteiger partial charge in [0.1, 0.15) is 5.82 Å². The molecule has 0 unspecified atom stereocenters. The average molecular weight is 390 g/mol. The van der Waals surface area contributed by atoms with Crippen molar-refractivity contribution in [2.45, 2.75) is 13.0 Å². The van der Waals surface area contributed by atoms with Gasteiger partial charge in [-0.15, -0.1) is 0 Å². The molecule has 1 aliphatic rings. The van der Waals surface area contributed by atoms with E-state index in [1.165, 1.54) is 6.07 Å². The molecule has 0 bridgehead atoms. The minimum atomic E-state index is -0.216. The minimum Gasteiger partial charge on any atom is -0.493 e. The molecular weight excluding hydrogens is 369 g/mol. The lowest BCUT2D eigenvalue weighted by molar-refractivity contribution is -0.688. The lowest BCUT2D eigenvalue weighted by Crippen LogP contribution is -2.33. The molecule has 0 N–H and O–H groups in total. The molecule has 1 aromatic heterocycles. The van der Waals surface area contributed by atoms with E-state index in [1.807, 2.05) is 47.3 Å². The van der Waals surface area contributed by atoms with E-state index >= 15 is 0 Å². The van der Waals surface area contributed by atoms with Gasteiger partial charge in [0, 0.05) is 29.7 Å². The monoisotopic (exact) mass is 390 g/mol. The summed E-state index contributed by atoms with van der Waals surface area (Å²) >= 11 is 0. The van der Waals surface area contributed by atoms with Crippen LogP contribution in [0, 0.1) is 5.82 Å². The van der Waals surface area contributed by atoms with Crippen LogP contribution in [0.1, 0.15) is 27.0 Å². The predicted molar refractivity (Wildman–Crippen MR) is 108 cm³/mol. The minimum absolute atomic E-state index is 0.00374. The molecule has 0 fully saturated rings. The number of carbonyl (C=O) groups excluding carboxylic acids is 1. The lowest BCUT2D eigenvalue weighted by Gasteiger charge is -2.08. The molecule has 0 amide bonds. The number of carbonyl (C=O) groups is 1. The summed E-state index contributed by atoms with van der Waals surface area (Å²) in [6.45, 7) is 0.452. The molecular formula is C24H21FNO3+. The SMILES string of the molecule is COc1cc2c(cc1OC)C(=O)C(=Cc1cc[n+](Cc3ccccc3F)cc1)C2. The summed E-state index contributed by atoms with van der Waals surface area (Å²) in [4.78, 5) is 12.8. The van der Waals surface area contributed by atoms with Crippen LogP contribution in [0.2, 0.25) is 0 Å². The highest BCUT2D eigenvalue weighted by Crippen LogP contribution is 2.36. The molecule has 1 heterocycles. The predicted octanol–water partition coefficient (Wildman–Crippen LogP) is 4.00. The normalized spacial score (nSPS) is 14.2. The molecule has 0 spiro atoms. The van der Waals surface area contributed by atoms with Crippen LogP contribution in [0.15, 0.2) is 66.5 Å². The zero-order valence-corrected chi connectivity index (χ0v) is 16.3. The second kappa shape index (κ2) is 7.87. The number of ether oxygens (including phenoxy) is 2. The van der Waals surface area contributed by atoms with Crippen molar-refractivity contribution in [2.24, 2.45) is 0 Å². The Kier molecular flexibility index (Phi) is 5.12. The number of benzene rings is 2. The van der Waals surface area contributed by atoms with Crippen molar-refractivity contribution >= 4 is 11.9 Å². The Labute approximate surface area is 168 Å². The fourth-order valence-electron chi connectivity index (χ4n) is 3.55. The molecule has 146 valence electrons. The summed E-state index contributed by atoms with van der Waals surface area (Å²) in [6.07, 6.45) is 6.22. The molecule has 29 heavy (non-hydrogen) atoms. The number of ketones is 1. The largest absolute Gasteiger partial charge is 0.493 e. The lowest BCUT2D eigenvalue weighted by atomic mass is 10.1. The number of fused-ring (bicyclic) bond motifs is 1. The third-order valence-corrected chi connectivity index (χ3v) is 5.10. The number of hydrogen-bond acceptors (Lipinski definition) is 3. The molecule has 0 saturated heterocycles. The van der Waals surface area contributed by atoms with E-state index in [0.29, 0.717) is 35.6 Å². The highest BCUT2D eigenvalue weighted by Gasteiger charge is 2.27. The van der Waals surface area contributed by atoms with Crippen molar-refractivity contribution in [1.29, 1.82) is 0 Å². The van der Waals surface area contributed by atoms with E-state index in [1.54, 1.807) is 32.4 Å². The second-order valence-electron chi connectivity index (χ2n) is 6.94. The van der Waals surface area contributed by atoms with Gasteiger partial charge in [-0.25, -0.2) is 8.96 Å². The summed E-state index contributed by atoms with van der Waals surface area (Å²) < 4.78 is 26.4. The van der Waals surface area contributed by atoms with Crippen LogP contribution in [0.4, 0.5) is 4.39 Å². The summed E-state index contributed by atoms with van der Waals surface area (Å²) in [6, 6.07) is 14.2. The van der Waals surface area contributed by atoms with Crippen LogP contribution in [-0.4, -0.2) is 20.0 Å². The van der Waals surface area contributed by atoms with Gasteiger partial charge in [0.15, 0.2) is 36.2 Å². The molecule has 4 nitrogen and oxygen atoms in total. The maximum atomic E-state index is 13.8. The molecule has 1 aliphatic carbocycles. The number of pyridine rings is 1. The fourth-order valence-corrected chi connectivity index (χ4v) is 3.55. The maximum Gasteiger partial charge on any atom is 0.189 e. The first-order chi connectivity index (χ1) is 14.1. The summed E-state index contributed by atoms with van der Waals surface area (Å²) in [5.74, 6) is 0.958. The van der Waals surface area contributed by atoms with Gasteiger partial charge >= 0.3 is 0 Å². The zero-order valence-electron chi connectivity index (χ0n) is 16.3. The number of hydrogen-bond donors (Lipinski definition) is 0. The maximum absolute atomic E-state index is 13.8. The van der Waals surface area contributed by atoms with Crippen LogP contribution in [-0.2, 0) is 13.0 Å². The third-order valence-electron chi connectivity index (χ3n) is 5.10. The van der Waals surface area contributed by atoms with Crippen LogP contribution >= 0.6 is 0 Å². The van der Waals surface area contributed by atoms with Gasteiger partial charge in [-0.3, -0.25) is 4.79 Å². The Hall–Kier alpha value is -3.47. The first kappa shape index (κ1) is 18.9. The number of methoxy groups -OCH3 is 2. The number of aromatic nitrogens is 1. The molecule has 0 aliphatic heterocycles. The first-order valence-electron chi connectivity index (χ1n) is 9.31. The van der Waals surface area contributed by atoms with Crippen LogP contribution < -0.4 is 14.0 Å². The van der Waals surface area contributed by atoms with Crippen LogP contribution in [0.5, 0.6) is 11.5 Å². The van der Waals surface area contributed by atoms with Gasteiger partial charge in [-0.1, -0.05) is 12.1 Å². The third kappa shape index (κ3) is 3.76. The highest BCUT2D eigenvalue weighted by molar-refractivity contribution is 6.15. The van der Waals surface area contributed by atoms with E-state index in [2.05, 4.69) is 0 Å². The van der Waals surface area contributed by atoms with E-state index in [9.17, 15) is 9.18 Å². The van der Waals surface area contributed by atoms with Crippen LogP contribution in [0.3, 0.4) is 0 Å². The Morgan fingerprint density at radius 2 is 1.72 bits per heavy atom. The Bertz CT molecular complexity index is 1100. The van der Waals surface area contributed by atoms with Crippen molar-refractivity contribution in [3.63, 3.8) is 0 Å². The molecule has 3 aromatic rings. The van der Waals surface area contributed by atoms with Gasteiger partial charge in [0.05, 0.1) is 19.8 Å². The van der Waals surface area contributed by atoms with Crippen LogP contribution in [0.25, 0.3) is 6.08 Å². The molecule has 0 atom stereocenters. The number of Topliss-reactive ketones (excluding diaryl/α,β-unsaturated/α-hetero) is 1. The zero-order chi connectivity index (χ0) is 20.4. The first-order valence-corrected chi connectivity index (χ1v) is 9.31. The van der Waals surface area contributed by atoms with Crippen molar-refractivity contribution in [2.75, 3.05) is 14.2 Å². The van der Waals surface area contributed by atoms with E-state index in [0.717, 1.165) is 16.7 Å². The molecule has 2 aromatic carbocycles. The fraction of sp³-hybridized carbons (Fsp3) is 0.167. The standard InChI is InChI=1S/C24H21FNO3/c1-28-22-13-18-12-19(24(27)20(18)14-23(22)29-2)11-16-7-9-26(10-8-16)15-17-5-3-4-6-21(17)25/h3-11,13-14H,12,15H2,1-2H3/q+1. The van der Waals surface area contributed by atoms with Crippen molar-refractivity contribution < 1.29 is 23.2 Å². The number of allylic oxidation sites excluding steroid dienone is 1. The van der Waals surface area contributed by atoms with Gasteiger partial charge in [-0.05, 0) is 41.5 Å². The number of halogens is 1. The second-order valence-corrected chi connectivity index (χ2v) is 6.94. The highest BCUT2D eigenvalue weighted by atomic mass is 19.1. The Balaban J connectivity index is 1.55. The van der Waals surface area contributed by atoms with E-state index < -0.39 is 0 Å². The van der Waals surface area contributed by atoms with Gasteiger partial charge in [0.25, 0.3) is 0 Å². The number of rotatable bonds is 5. The molecule has 0 radical (unpaired) electrons. The van der Waals surface area contributed by atoms with Gasteiger partial charge in [-0.2, -0.15) is 0 Å². The summed E-state index contributed by atoms with van der Waals surface area (Å²) in [5.41, 5.74) is 3.86. The molecule has 4 rings (SSSR count).